The van der Waals surface area contributed by atoms with Gasteiger partial charge in [-0.15, -0.1) is 0 Å². The van der Waals surface area contributed by atoms with Crippen LogP contribution >= 0.6 is 0 Å². The Morgan fingerprint density at radius 2 is 1.66 bits per heavy atom. The van der Waals surface area contributed by atoms with E-state index in [1.807, 2.05) is 26.8 Å². The van der Waals surface area contributed by atoms with Crippen LogP contribution in [0.5, 0.6) is 0 Å². The molecular weight excluding hydrogens is 488 g/mol. The van der Waals surface area contributed by atoms with Crippen molar-refractivity contribution >= 4 is 17.3 Å². The van der Waals surface area contributed by atoms with E-state index in [1.54, 1.807) is 13.8 Å². The number of allylic oxidation sites excluding steroid dienone is 4. The van der Waals surface area contributed by atoms with Gasteiger partial charge in [0.1, 0.15) is 11.4 Å². The van der Waals surface area contributed by atoms with Crippen molar-refractivity contribution in [3.05, 3.63) is 23.5 Å². The maximum Gasteiger partial charge on any atom is 0.206 e. The predicted octanol–water partition coefficient (Wildman–Crippen LogP) is 2.81. The van der Waals surface area contributed by atoms with Crippen molar-refractivity contribution in [2.24, 2.45) is 39.4 Å². The van der Waals surface area contributed by atoms with Gasteiger partial charge in [-0.25, -0.2) is 0 Å². The maximum absolute atomic E-state index is 14.2. The molecule has 4 aliphatic carbocycles. The summed E-state index contributed by atoms with van der Waals surface area (Å²) in [6.07, 6.45) is 1.27. The highest BCUT2D eigenvalue weighted by Crippen LogP contribution is 2.73. The first-order chi connectivity index (χ1) is 17.1. The molecule has 0 aromatic rings. The van der Waals surface area contributed by atoms with E-state index in [4.69, 9.17) is 0 Å². The maximum atomic E-state index is 14.2. The molecular formula is C30H44O8. The fraction of sp³-hybridized carbons (Fsp3) is 0.767. The van der Waals surface area contributed by atoms with Crippen molar-refractivity contribution in [1.82, 2.24) is 0 Å². The molecule has 0 aromatic carbocycles. The molecule has 4 aliphatic rings. The van der Waals surface area contributed by atoms with Gasteiger partial charge in [-0.2, -0.15) is 0 Å². The van der Waals surface area contributed by atoms with Gasteiger partial charge in [0.15, 0.2) is 11.5 Å². The summed E-state index contributed by atoms with van der Waals surface area (Å²) >= 11 is 0. The van der Waals surface area contributed by atoms with E-state index in [1.165, 1.54) is 26.8 Å². The highest BCUT2D eigenvalue weighted by atomic mass is 16.3. The van der Waals surface area contributed by atoms with Crippen LogP contribution in [-0.2, 0) is 14.4 Å². The zero-order valence-electron chi connectivity index (χ0n) is 23.8. The SMILES string of the molecule is CC1(C)C(=O)C(O)=C[C@H]2C1=CC[C@@H]1[C@@]2(C)C(=O)C[C@]2(C)[C@@H]([C@](C)(O)C(=O)C[C@@H](O)C(C)(C)O)[C@H](O)C[C@@]12C. The van der Waals surface area contributed by atoms with Crippen LogP contribution in [0.1, 0.15) is 81.1 Å². The van der Waals surface area contributed by atoms with Crippen molar-refractivity contribution in [2.45, 2.75) is 104 Å². The number of aliphatic hydroxyl groups is 5. The Hall–Kier alpha value is -1.87. The minimum atomic E-state index is -2.06. The molecule has 4 rings (SSSR count). The molecule has 0 heterocycles. The first kappa shape index (κ1) is 29.1. The Balaban J connectivity index is 1.79. The lowest BCUT2D eigenvalue weighted by Gasteiger charge is -2.63. The first-order valence-corrected chi connectivity index (χ1v) is 13.6. The number of Topliss-reactive ketones (excluding diaryl/α,β-unsaturated/α-hetero) is 3. The third-order valence-corrected chi connectivity index (χ3v) is 11.4. The summed E-state index contributed by atoms with van der Waals surface area (Å²) in [7, 11) is 0. The summed E-state index contributed by atoms with van der Waals surface area (Å²) in [5.74, 6) is -3.25. The van der Waals surface area contributed by atoms with Gasteiger partial charge in [0.05, 0.1) is 23.2 Å². The van der Waals surface area contributed by atoms with Crippen LogP contribution in [0, 0.1) is 39.4 Å². The molecule has 0 saturated heterocycles. The van der Waals surface area contributed by atoms with Crippen LogP contribution in [0.4, 0.5) is 0 Å². The van der Waals surface area contributed by atoms with Crippen molar-refractivity contribution in [3.8, 4) is 0 Å². The Bertz CT molecular complexity index is 1140. The van der Waals surface area contributed by atoms with E-state index in [0.717, 1.165) is 5.57 Å². The second-order valence-corrected chi connectivity index (χ2v) is 14.3. The summed E-state index contributed by atoms with van der Waals surface area (Å²) in [5.41, 5.74) is -6.32. The third-order valence-electron chi connectivity index (χ3n) is 11.4. The van der Waals surface area contributed by atoms with E-state index in [-0.39, 0.29) is 36.1 Å². The molecule has 0 spiro atoms. The Kier molecular flexibility index (Phi) is 6.38. The van der Waals surface area contributed by atoms with Crippen molar-refractivity contribution in [2.75, 3.05) is 0 Å². The van der Waals surface area contributed by atoms with Crippen LogP contribution in [0.15, 0.2) is 23.5 Å². The van der Waals surface area contributed by atoms with Gasteiger partial charge < -0.3 is 25.5 Å². The lowest BCUT2D eigenvalue weighted by Crippen LogP contribution is -2.64. The minimum Gasteiger partial charge on any atom is -0.505 e. The highest BCUT2D eigenvalue weighted by Gasteiger charge is 2.74. The largest absolute Gasteiger partial charge is 0.505 e. The average Bonchev–Trinajstić information content (AvgIpc) is 2.97. The third kappa shape index (κ3) is 3.59. The number of carbonyl (C=O) groups excluding carboxylic acids is 3. The van der Waals surface area contributed by atoms with Crippen molar-refractivity contribution < 1.29 is 39.9 Å². The van der Waals surface area contributed by atoms with E-state index in [9.17, 15) is 39.9 Å². The molecule has 38 heavy (non-hydrogen) atoms. The lowest BCUT2D eigenvalue weighted by molar-refractivity contribution is -0.182. The van der Waals surface area contributed by atoms with Gasteiger partial charge >= 0.3 is 0 Å². The van der Waals surface area contributed by atoms with Gasteiger partial charge in [0.2, 0.25) is 5.78 Å². The average molecular weight is 533 g/mol. The number of hydrogen-bond acceptors (Lipinski definition) is 8. The topological polar surface area (TPSA) is 152 Å². The molecule has 0 amide bonds. The number of aliphatic hydroxyl groups excluding tert-OH is 3. The van der Waals surface area contributed by atoms with Crippen molar-refractivity contribution in [1.29, 1.82) is 0 Å². The summed E-state index contributed by atoms with van der Waals surface area (Å²) in [5, 5.41) is 54.1. The second-order valence-electron chi connectivity index (χ2n) is 14.3. The van der Waals surface area contributed by atoms with Crippen LogP contribution in [0.3, 0.4) is 0 Å². The standard InChI is InChI=1S/C30H44O8/c1-25(2)15-9-10-19-27(5)13-18(32)23(30(8,38)21(34)12-20(33)26(3,4)37)28(27,6)14-22(35)29(19,7)16(15)11-17(31)24(25)36/h9,11,16,18-20,23,31-33,37-38H,10,12-14H2,1-8H3/t16-,18+,19-,20+,23-,27-,28+,29-,30+/m0/s1. The predicted molar refractivity (Wildman–Crippen MR) is 140 cm³/mol. The van der Waals surface area contributed by atoms with E-state index < -0.39 is 69.1 Å². The minimum absolute atomic E-state index is 0.00244. The summed E-state index contributed by atoms with van der Waals surface area (Å²) in [6.45, 7) is 13.4. The smallest absolute Gasteiger partial charge is 0.206 e. The molecule has 212 valence electrons. The molecule has 0 aliphatic heterocycles. The summed E-state index contributed by atoms with van der Waals surface area (Å²) in [4.78, 5) is 40.3. The number of hydrogen-bond donors (Lipinski definition) is 5. The number of fused-ring (bicyclic) bond motifs is 5. The normalized spacial score (nSPS) is 42.7. The molecule has 8 heteroatoms. The highest BCUT2D eigenvalue weighted by molar-refractivity contribution is 6.02. The fourth-order valence-electron chi connectivity index (χ4n) is 8.78. The van der Waals surface area contributed by atoms with E-state index in [0.29, 0.717) is 6.42 Å². The molecule has 5 N–H and O–H groups in total. The molecule has 0 radical (unpaired) electrons. The van der Waals surface area contributed by atoms with Crippen LogP contribution in [0.2, 0.25) is 0 Å². The van der Waals surface area contributed by atoms with Crippen molar-refractivity contribution in [3.63, 3.8) is 0 Å². The quantitative estimate of drug-likeness (QED) is 0.339. The summed E-state index contributed by atoms with van der Waals surface area (Å²) in [6, 6.07) is 0. The zero-order valence-corrected chi connectivity index (χ0v) is 23.8. The molecule has 0 aromatic heterocycles. The van der Waals surface area contributed by atoms with Gasteiger partial charge in [0, 0.05) is 30.1 Å². The molecule has 2 saturated carbocycles. The number of ketones is 3. The summed E-state index contributed by atoms with van der Waals surface area (Å²) < 4.78 is 0. The van der Waals surface area contributed by atoms with Gasteiger partial charge in [0.25, 0.3) is 0 Å². The van der Waals surface area contributed by atoms with E-state index in [2.05, 4.69) is 0 Å². The molecule has 9 atom stereocenters. The number of rotatable bonds is 5. The van der Waals surface area contributed by atoms with Gasteiger partial charge in [-0.05, 0) is 70.3 Å². The van der Waals surface area contributed by atoms with Crippen LogP contribution < -0.4 is 0 Å². The Morgan fingerprint density at radius 3 is 2.21 bits per heavy atom. The van der Waals surface area contributed by atoms with Crippen LogP contribution in [-0.4, -0.2) is 66.3 Å². The zero-order chi connectivity index (χ0) is 29.0. The van der Waals surface area contributed by atoms with E-state index >= 15 is 0 Å². The van der Waals surface area contributed by atoms with Gasteiger partial charge in [-0.3, -0.25) is 14.4 Å². The Morgan fingerprint density at radius 1 is 1.08 bits per heavy atom. The first-order valence-electron chi connectivity index (χ1n) is 13.6. The lowest BCUT2D eigenvalue weighted by atomic mass is 9.39. The second kappa shape index (κ2) is 8.32. The fourth-order valence-corrected chi connectivity index (χ4v) is 8.78. The molecule has 8 nitrogen and oxygen atoms in total. The van der Waals surface area contributed by atoms with Crippen LogP contribution in [0.25, 0.3) is 0 Å². The molecule has 0 bridgehead atoms. The van der Waals surface area contributed by atoms with Gasteiger partial charge in [-0.1, -0.05) is 32.4 Å². The molecule has 2 fully saturated rings. The Labute approximate surface area is 224 Å². The monoisotopic (exact) mass is 532 g/mol. The molecule has 0 unspecified atom stereocenters. The number of carbonyl (C=O) groups is 3.